The molecule has 2 heterocycles. The number of nitrogens with zero attached hydrogens (tertiary/aromatic N) is 2. The number of amides is 3. The largest absolute Gasteiger partial charge is 0.435 e. The third-order valence-corrected chi connectivity index (χ3v) is 7.66. The molecule has 1 unspecified atom stereocenters. The van der Waals surface area contributed by atoms with E-state index < -0.39 is 63.4 Å². The van der Waals surface area contributed by atoms with Crippen LogP contribution in [0.15, 0.2) is 65.8 Å². The van der Waals surface area contributed by atoms with Gasteiger partial charge in [0.15, 0.2) is 5.82 Å². The molecule has 2 aliphatic heterocycles. The van der Waals surface area contributed by atoms with Gasteiger partial charge in [0.1, 0.15) is 12.6 Å². The van der Waals surface area contributed by atoms with Gasteiger partial charge in [0, 0.05) is 17.5 Å². The van der Waals surface area contributed by atoms with Gasteiger partial charge in [0.2, 0.25) is 0 Å². The van der Waals surface area contributed by atoms with Crippen molar-refractivity contribution in [2.75, 3.05) is 0 Å². The molecule has 43 heavy (non-hydrogen) atoms. The molecule has 1 fully saturated rings. The minimum atomic E-state index is -5.02. The molecule has 5 rings (SSSR count). The molecule has 8 nitrogen and oxygen atoms in total. The van der Waals surface area contributed by atoms with E-state index in [1.807, 2.05) is 0 Å². The highest BCUT2D eigenvalue weighted by Crippen LogP contribution is 2.50. The molecular weight excluding hydrogens is 641 g/mol. The van der Waals surface area contributed by atoms with Crippen molar-refractivity contribution in [3.8, 4) is 0 Å². The smallest absolute Gasteiger partial charge is 0.374 e. The van der Waals surface area contributed by atoms with Crippen molar-refractivity contribution in [1.29, 1.82) is 0 Å². The molecule has 224 valence electrons. The number of halogens is 7. The molecule has 0 aliphatic carbocycles. The van der Waals surface area contributed by atoms with E-state index in [0.717, 1.165) is 17.7 Å². The summed E-state index contributed by atoms with van der Waals surface area (Å²) in [4.78, 5) is 48.2. The average molecular weight is 659 g/mol. The summed E-state index contributed by atoms with van der Waals surface area (Å²) in [5, 5.41) is 5.19. The van der Waals surface area contributed by atoms with E-state index in [1.54, 1.807) is 30.3 Å². The van der Waals surface area contributed by atoms with Gasteiger partial charge in [-0.1, -0.05) is 76.4 Å². The first-order chi connectivity index (χ1) is 20.3. The summed E-state index contributed by atoms with van der Waals surface area (Å²) in [6.07, 6.45) is -6.20. The van der Waals surface area contributed by atoms with E-state index in [1.165, 1.54) is 18.2 Å². The van der Waals surface area contributed by atoms with Crippen LogP contribution in [-0.4, -0.2) is 40.7 Å². The van der Waals surface area contributed by atoms with Gasteiger partial charge < -0.3 is 10.2 Å². The summed E-state index contributed by atoms with van der Waals surface area (Å²) in [6.45, 7) is -0.0449. The fourth-order valence-electron chi connectivity index (χ4n) is 4.53. The van der Waals surface area contributed by atoms with Crippen LogP contribution in [0.5, 0.6) is 0 Å². The third kappa shape index (κ3) is 5.92. The number of carbonyl (C=O) groups excluding carboxylic acids is 3. The molecule has 3 amide bonds. The van der Waals surface area contributed by atoms with Crippen LogP contribution in [0.1, 0.15) is 39.9 Å². The highest BCUT2D eigenvalue weighted by Gasteiger charge is 2.62. The number of imide groups is 1. The second-order valence-corrected chi connectivity index (χ2v) is 10.8. The number of nitrogens with one attached hydrogen (secondary N) is 1. The second kappa shape index (κ2) is 11.8. The standard InChI is InChI=1S/C28H18Cl3F4N3O5/c29-18-8-15(22-12-27(43-37-22,28(33,34)35)16-9-19(30)24(32)20(31)10-16)6-7-17(18)25(40)36-21-11-23(39)38(26(21)41)42-13-14-4-2-1-3-5-14/h1-10,21H,11-13H2,(H,36,40)/t21-,27?/m1/s1. The summed E-state index contributed by atoms with van der Waals surface area (Å²) in [6, 6.07) is 12.8. The number of oxime groups is 1. The van der Waals surface area contributed by atoms with Crippen molar-refractivity contribution in [2.45, 2.75) is 37.3 Å². The highest BCUT2D eigenvalue weighted by atomic mass is 35.5. The maximum absolute atomic E-state index is 14.3. The van der Waals surface area contributed by atoms with E-state index in [2.05, 4.69) is 10.5 Å². The molecule has 15 heteroatoms. The molecule has 0 spiro atoms. The van der Waals surface area contributed by atoms with Gasteiger partial charge in [0.25, 0.3) is 23.3 Å². The molecule has 3 aromatic rings. The van der Waals surface area contributed by atoms with Crippen LogP contribution in [0.25, 0.3) is 0 Å². The molecule has 3 aromatic carbocycles. The maximum atomic E-state index is 14.3. The SMILES string of the molecule is O=C(N[C@@H]1CC(=O)N(OCc2ccccc2)C1=O)c1ccc(C2=NOC(c3cc(Cl)c(F)c(Cl)c3)(C(F)(F)F)C2)cc1Cl. The zero-order valence-electron chi connectivity index (χ0n) is 21.6. The van der Waals surface area contributed by atoms with Crippen LogP contribution >= 0.6 is 34.8 Å². The Morgan fingerprint density at radius 2 is 1.72 bits per heavy atom. The van der Waals surface area contributed by atoms with Gasteiger partial charge in [-0.05, 0) is 29.8 Å². The lowest BCUT2D eigenvalue weighted by atomic mass is 9.86. The zero-order chi connectivity index (χ0) is 31.1. The van der Waals surface area contributed by atoms with Crippen molar-refractivity contribution in [1.82, 2.24) is 10.4 Å². The van der Waals surface area contributed by atoms with Gasteiger partial charge in [-0.3, -0.25) is 19.2 Å². The monoisotopic (exact) mass is 657 g/mol. The van der Waals surface area contributed by atoms with Gasteiger partial charge in [-0.25, -0.2) is 4.39 Å². The van der Waals surface area contributed by atoms with Crippen molar-refractivity contribution >= 4 is 58.2 Å². The Morgan fingerprint density at radius 3 is 2.35 bits per heavy atom. The van der Waals surface area contributed by atoms with E-state index in [9.17, 15) is 31.9 Å². The molecule has 1 saturated heterocycles. The summed E-state index contributed by atoms with van der Waals surface area (Å²) in [5.74, 6) is -3.31. The lowest BCUT2D eigenvalue weighted by Gasteiger charge is -2.29. The molecule has 2 atom stereocenters. The number of carbonyl (C=O) groups is 3. The first-order valence-electron chi connectivity index (χ1n) is 12.4. The fourth-order valence-corrected chi connectivity index (χ4v) is 5.29. The summed E-state index contributed by atoms with van der Waals surface area (Å²) < 4.78 is 56.8. The summed E-state index contributed by atoms with van der Waals surface area (Å²) in [5.41, 5.74) is -3.05. The Bertz CT molecular complexity index is 1630. The van der Waals surface area contributed by atoms with Crippen molar-refractivity contribution in [2.24, 2.45) is 5.16 Å². The lowest BCUT2D eigenvalue weighted by Crippen LogP contribution is -2.42. The van der Waals surface area contributed by atoms with Crippen LogP contribution in [0.2, 0.25) is 15.1 Å². The molecule has 0 radical (unpaired) electrons. The van der Waals surface area contributed by atoms with Gasteiger partial charge >= 0.3 is 6.18 Å². The highest BCUT2D eigenvalue weighted by molar-refractivity contribution is 6.35. The van der Waals surface area contributed by atoms with Crippen LogP contribution < -0.4 is 5.32 Å². The van der Waals surface area contributed by atoms with Gasteiger partial charge in [-0.2, -0.15) is 18.2 Å². The predicted molar refractivity (Wildman–Crippen MR) is 147 cm³/mol. The summed E-state index contributed by atoms with van der Waals surface area (Å²) >= 11 is 17.8. The molecule has 2 aliphatic rings. The number of rotatable bonds is 7. The van der Waals surface area contributed by atoms with E-state index in [-0.39, 0.29) is 34.9 Å². The first kappa shape index (κ1) is 30.7. The third-order valence-electron chi connectivity index (χ3n) is 6.80. The number of hydroxylamine groups is 2. The maximum Gasteiger partial charge on any atom is 0.435 e. The summed E-state index contributed by atoms with van der Waals surface area (Å²) in [7, 11) is 0. The Labute approximate surface area is 256 Å². The van der Waals surface area contributed by atoms with Crippen molar-refractivity contribution in [3.63, 3.8) is 0 Å². The number of hydrogen-bond acceptors (Lipinski definition) is 6. The Hall–Kier alpha value is -3.71. The zero-order valence-corrected chi connectivity index (χ0v) is 23.8. The number of hydrogen-bond donors (Lipinski definition) is 1. The van der Waals surface area contributed by atoms with Crippen LogP contribution in [0.4, 0.5) is 17.6 Å². The van der Waals surface area contributed by atoms with Gasteiger partial charge in [-0.15, -0.1) is 0 Å². The molecule has 1 N–H and O–H groups in total. The first-order valence-corrected chi connectivity index (χ1v) is 13.6. The molecular formula is C28H18Cl3F4N3O5. The molecule has 0 saturated carbocycles. The van der Waals surface area contributed by atoms with Crippen LogP contribution in [-0.2, 0) is 31.5 Å². The van der Waals surface area contributed by atoms with E-state index >= 15 is 0 Å². The topological polar surface area (TPSA) is 97.3 Å². The number of alkyl halides is 3. The van der Waals surface area contributed by atoms with Crippen molar-refractivity contribution in [3.05, 3.63) is 104 Å². The Balaban J connectivity index is 1.29. The fraction of sp³-hybridized carbons (Fsp3) is 0.214. The van der Waals surface area contributed by atoms with Gasteiger partial charge in [0.05, 0.1) is 32.8 Å². The molecule has 0 bridgehead atoms. The Morgan fingerprint density at radius 1 is 1.05 bits per heavy atom. The van der Waals surface area contributed by atoms with Crippen LogP contribution in [0.3, 0.4) is 0 Å². The minimum Gasteiger partial charge on any atom is -0.374 e. The van der Waals surface area contributed by atoms with Crippen LogP contribution in [0, 0.1) is 5.82 Å². The molecule has 0 aromatic heterocycles. The average Bonchev–Trinajstić information content (AvgIpc) is 3.53. The second-order valence-electron chi connectivity index (χ2n) is 9.59. The van der Waals surface area contributed by atoms with E-state index in [0.29, 0.717) is 5.06 Å². The lowest BCUT2D eigenvalue weighted by molar-refractivity contribution is -0.275. The minimum absolute atomic E-state index is 0.0449. The Kier molecular flexibility index (Phi) is 8.41. The predicted octanol–water partition coefficient (Wildman–Crippen LogP) is 6.36. The normalized spacial score (nSPS) is 20.3. The number of benzene rings is 3. The quantitative estimate of drug-likeness (QED) is 0.181. The van der Waals surface area contributed by atoms with E-state index in [4.69, 9.17) is 44.5 Å². The van der Waals surface area contributed by atoms with Crippen molar-refractivity contribution < 1.29 is 41.6 Å².